The topological polar surface area (TPSA) is 55.1 Å². The van der Waals surface area contributed by atoms with Gasteiger partial charge < -0.3 is 11.1 Å². The van der Waals surface area contributed by atoms with E-state index in [1.165, 1.54) is 5.56 Å². The van der Waals surface area contributed by atoms with E-state index in [-0.39, 0.29) is 5.91 Å². The summed E-state index contributed by atoms with van der Waals surface area (Å²) in [7, 11) is 0. The van der Waals surface area contributed by atoms with Crippen LogP contribution in [-0.2, 0) is 24.2 Å². The fraction of sp³-hybridized carbons (Fsp3) is 0.235. The van der Waals surface area contributed by atoms with E-state index in [9.17, 15) is 4.79 Å². The van der Waals surface area contributed by atoms with Crippen molar-refractivity contribution in [3.8, 4) is 0 Å². The van der Waals surface area contributed by atoms with Crippen LogP contribution in [0.5, 0.6) is 0 Å². The van der Waals surface area contributed by atoms with Crippen LogP contribution in [0.4, 0.5) is 0 Å². The first-order valence-electron chi connectivity index (χ1n) is 6.96. The monoisotopic (exact) mass is 346 g/mol. The van der Waals surface area contributed by atoms with Crippen molar-refractivity contribution in [2.45, 2.75) is 19.4 Å². The second-order valence-corrected chi connectivity index (χ2v) is 5.85. The Morgan fingerprint density at radius 3 is 2.43 bits per heavy atom. The molecule has 0 spiro atoms. The molecule has 4 heteroatoms. The summed E-state index contributed by atoms with van der Waals surface area (Å²) in [5, 5.41) is 2.94. The first-order valence-corrected chi connectivity index (χ1v) is 7.75. The fourth-order valence-corrected chi connectivity index (χ4v) is 2.53. The molecule has 0 aromatic heterocycles. The van der Waals surface area contributed by atoms with Crippen LogP contribution in [0.3, 0.4) is 0 Å². The molecule has 0 saturated carbocycles. The molecule has 0 saturated heterocycles. The van der Waals surface area contributed by atoms with E-state index >= 15 is 0 Å². The van der Waals surface area contributed by atoms with E-state index in [2.05, 4.69) is 33.4 Å². The predicted octanol–water partition coefficient (Wildman–Crippen LogP) is 2.81. The second kappa shape index (κ2) is 7.96. The van der Waals surface area contributed by atoms with Crippen LogP contribution in [0.25, 0.3) is 0 Å². The zero-order valence-electron chi connectivity index (χ0n) is 11.8. The van der Waals surface area contributed by atoms with Crippen molar-refractivity contribution >= 4 is 21.8 Å². The average molecular weight is 347 g/mol. The smallest absolute Gasteiger partial charge is 0.224 e. The second-order valence-electron chi connectivity index (χ2n) is 4.94. The highest BCUT2D eigenvalue weighted by atomic mass is 79.9. The number of amides is 1. The highest BCUT2D eigenvalue weighted by Gasteiger charge is 2.04. The lowest BCUT2D eigenvalue weighted by Gasteiger charge is -2.07. The molecule has 21 heavy (non-hydrogen) atoms. The van der Waals surface area contributed by atoms with Gasteiger partial charge in [-0.15, -0.1) is 0 Å². The summed E-state index contributed by atoms with van der Waals surface area (Å²) in [6, 6.07) is 16.0. The van der Waals surface area contributed by atoms with Crippen molar-refractivity contribution in [2.24, 2.45) is 5.73 Å². The van der Waals surface area contributed by atoms with E-state index in [0.717, 1.165) is 22.0 Å². The molecule has 2 aromatic rings. The normalized spacial score (nSPS) is 10.4. The SMILES string of the molecule is NCCc1ccc(CNC(=O)Cc2cccc(Br)c2)cc1. The standard InChI is InChI=1S/C17H19BrN2O/c18-16-3-1-2-15(10-16)11-17(21)20-12-14-6-4-13(5-7-14)8-9-19/h1-7,10H,8-9,11-12,19H2,(H,20,21). The molecule has 1 amide bonds. The number of nitrogens with two attached hydrogens (primary N) is 1. The van der Waals surface area contributed by atoms with Crippen molar-refractivity contribution in [1.29, 1.82) is 0 Å². The molecule has 0 fully saturated rings. The maximum atomic E-state index is 11.9. The van der Waals surface area contributed by atoms with Crippen LogP contribution in [0, 0.1) is 0 Å². The van der Waals surface area contributed by atoms with E-state index in [1.807, 2.05) is 36.4 Å². The largest absolute Gasteiger partial charge is 0.352 e. The Kier molecular flexibility index (Phi) is 5.96. The van der Waals surface area contributed by atoms with Crippen LogP contribution in [0.2, 0.25) is 0 Å². The number of benzene rings is 2. The Morgan fingerprint density at radius 2 is 1.76 bits per heavy atom. The molecule has 0 atom stereocenters. The molecule has 110 valence electrons. The number of carbonyl (C=O) groups is 1. The number of rotatable bonds is 6. The molecule has 2 aromatic carbocycles. The van der Waals surface area contributed by atoms with E-state index in [1.54, 1.807) is 0 Å². The molecule has 0 aliphatic carbocycles. The molecule has 3 nitrogen and oxygen atoms in total. The van der Waals surface area contributed by atoms with Gasteiger partial charge in [0.15, 0.2) is 0 Å². The number of hydrogen-bond donors (Lipinski definition) is 2. The van der Waals surface area contributed by atoms with Gasteiger partial charge in [0.1, 0.15) is 0 Å². The minimum atomic E-state index is 0.0270. The summed E-state index contributed by atoms with van der Waals surface area (Å²) in [5.74, 6) is 0.0270. The third kappa shape index (κ3) is 5.33. The van der Waals surface area contributed by atoms with Crippen LogP contribution >= 0.6 is 15.9 Å². The summed E-state index contributed by atoms with van der Waals surface area (Å²) in [4.78, 5) is 11.9. The molecule has 0 radical (unpaired) electrons. The molecule has 0 aliphatic rings. The third-order valence-corrected chi connectivity index (χ3v) is 3.69. The molecule has 2 rings (SSSR count). The molecular formula is C17H19BrN2O. The van der Waals surface area contributed by atoms with Gasteiger partial charge in [-0.3, -0.25) is 4.79 Å². The minimum Gasteiger partial charge on any atom is -0.352 e. The van der Waals surface area contributed by atoms with Crippen molar-refractivity contribution in [3.05, 3.63) is 69.7 Å². The van der Waals surface area contributed by atoms with Gasteiger partial charge in [-0.2, -0.15) is 0 Å². The van der Waals surface area contributed by atoms with Gasteiger partial charge in [0.05, 0.1) is 6.42 Å². The molecule has 0 heterocycles. The zero-order valence-corrected chi connectivity index (χ0v) is 13.4. The molecule has 0 bridgehead atoms. The molecule has 0 aliphatic heterocycles. The van der Waals surface area contributed by atoms with Gasteiger partial charge in [0.25, 0.3) is 0 Å². The minimum absolute atomic E-state index is 0.0270. The summed E-state index contributed by atoms with van der Waals surface area (Å²) in [5.41, 5.74) is 8.84. The quantitative estimate of drug-likeness (QED) is 0.844. The highest BCUT2D eigenvalue weighted by Crippen LogP contribution is 2.12. The van der Waals surface area contributed by atoms with E-state index in [4.69, 9.17) is 5.73 Å². The number of carbonyl (C=O) groups excluding carboxylic acids is 1. The Labute approximate surface area is 133 Å². The van der Waals surface area contributed by atoms with Crippen molar-refractivity contribution < 1.29 is 4.79 Å². The molecule has 3 N–H and O–H groups in total. The lowest BCUT2D eigenvalue weighted by atomic mass is 10.1. The lowest BCUT2D eigenvalue weighted by Crippen LogP contribution is -2.24. The number of halogens is 1. The van der Waals surface area contributed by atoms with E-state index in [0.29, 0.717) is 19.5 Å². The van der Waals surface area contributed by atoms with Gasteiger partial charge in [0, 0.05) is 11.0 Å². The zero-order chi connectivity index (χ0) is 15.1. The average Bonchev–Trinajstić information content (AvgIpc) is 2.47. The summed E-state index contributed by atoms with van der Waals surface area (Å²) in [6.45, 7) is 1.21. The van der Waals surface area contributed by atoms with Gasteiger partial charge >= 0.3 is 0 Å². The lowest BCUT2D eigenvalue weighted by molar-refractivity contribution is -0.120. The van der Waals surface area contributed by atoms with Crippen molar-refractivity contribution in [3.63, 3.8) is 0 Å². The first-order chi connectivity index (χ1) is 10.2. The predicted molar refractivity (Wildman–Crippen MR) is 88.9 cm³/mol. The summed E-state index contributed by atoms with van der Waals surface area (Å²) >= 11 is 3.41. The maximum absolute atomic E-state index is 11.9. The van der Waals surface area contributed by atoms with E-state index < -0.39 is 0 Å². The number of hydrogen-bond acceptors (Lipinski definition) is 2. The summed E-state index contributed by atoms with van der Waals surface area (Å²) in [6.07, 6.45) is 1.28. The Balaban J connectivity index is 1.83. The van der Waals surface area contributed by atoms with Crippen LogP contribution in [0.1, 0.15) is 16.7 Å². The molecular weight excluding hydrogens is 328 g/mol. The highest BCUT2D eigenvalue weighted by molar-refractivity contribution is 9.10. The van der Waals surface area contributed by atoms with Crippen molar-refractivity contribution in [1.82, 2.24) is 5.32 Å². The Bertz CT molecular complexity index is 596. The Morgan fingerprint density at radius 1 is 1.05 bits per heavy atom. The number of nitrogens with one attached hydrogen (secondary N) is 1. The first kappa shape index (κ1) is 15.7. The summed E-state index contributed by atoms with van der Waals surface area (Å²) < 4.78 is 0.989. The molecule has 0 unspecified atom stereocenters. The van der Waals surface area contributed by atoms with Crippen LogP contribution < -0.4 is 11.1 Å². The van der Waals surface area contributed by atoms with Crippen LogP contribution in [0.15, 0.2) is 53.0 Å². The van der Waals surface area contributed by atoms with Crippen LogP contribution in [-0.4, -0.2) is 12.5 Å². The Hall–Kier alpha value is -1.65. The van der Waals surface area contributed by atoms with Gasteiger partial charge in [-0.1, -0.05) is 52.3 Å². The van der Waals surface area contributed by atoms with Gasteiger partial charge in [-0.05, 0) is 41.8 Å². The van der Waals surface area contributed by atoms with Crippen molar-refractivity contribution in [2.75, 3.05) is 6.54 Å². The maximum Gasteiger partial charge on any atom is 0.224 e. The third-order valence-electron chi connectivity index (χ3n) is 3.20. The van der Waals surface area contributed by atoms with Gasteiger partial charge in [0.2, 0.25) is 5.91 Å². The fourth-order valence-electron chi connectivity index (χ4n) is 2.09. The van der Waals surface area contributed by atoms with Gasteiger partial charge in [-0.25, -0.2) is 0 Å².